The zero-order valence-corrected chi connectivity index (χ0v) is 18.1. The van der Waals surface area contributed by atoms with Crippen molar-refractivity contribution in [3.8, 4) is 11.9 Å². The molecular formula is C23H29N5O2. The maximum Gasteiger partial charge on any atom is 0.224 e. The lowest BCUT2D eigenvalue weighted by molar-refractivity contribution is 0.122. The molecule has 7 nitrogen and oxygen atoms in total. The first-order valence-corrected chi connectivity index (χ1v) is 10.5. The highest BCUT2D eigenvalue weighted by Gasteiger charge is 2.37. The van der Waals surface area contributed by atoms with Crippen LogP contribution < -0.4 is 15.4 Å². The number of rotatable bonds is 4. The maximum absolute atomic E-state index is 9.91. The average Bonchev–Trinajstić information content (AvgIpc) is 3.13. The second-order valence-electron chi connectivity index (χ2n) is 8.41. The van der Waals surface area contributed by atoms with E-state index in [0.29, 0.717) is 11.5 Å². The molecule has 1 atom stereocenters. The molecule has 4 rings (SSSR count). The van der Waals surface area contributed by atoms with Gasteiger partial charge in [-0.05, 0) is 37.5 Å². The Morgan fingerprint density at radius 3 is 2.37 bits per heavy atom. The lowest BCUT2D eigenvalue weighted by Gasteiger charge is -2.30. The average molecular weight is 408 g/mol. The van der Waals surface area contributed by atoms with E-state index < -0.39 is 0 Å². The summed E-state index contributed by atoms with van der Waals surface area (Å²) in [4.78, 5) is 2.31. The number of anilines is 1. The Hall–Kier alpha value is -2.98. The van der Waals surface area contributed by atoms with Crippen LogP contribution >= 0.6 is 0 Å². The van der Waals surface area contributed by atoms with Crippen LogP contribution in [0.15, 0.2) is 35.7 Å². The summed E-state index contributed by atoms with van der Waals surface area (Å²) in [6.45, 7) is 11.6. The molecule has 30 heavy (non-hydrogen) atoms. The molecule has 1 unspecified atom stereocenters. The Labute approximate surface area is 177 Å². The zero-order valence-electron chi connectivity index (χ0n) is 18.1. The van der Waals surface area contributed by atoms with Crippen LogP contribution in [0.25, 0.3) is 0 Å². The summed E-state index contributed by atoms with van der Waals surface area (Å²) in [5.74, 6) is 0.705. The number of hydrogen-bond donors (Lipinski definition) is 1. The zero-order chi connectivity index (χ0) is 21.4. The van der Waals surface area contributed by atoms with E-state index in [0.717, 1.165) is 48.8 Å². The molecule has 0 spiro atoms. The van der Waals surface area contributed by atoms with E-state index >= 15 is 0 Å². The minimum Gasteiger partial charge on any atom is -0.422 e. The summed E-state index contributed by atoms with van der Waals surface area (Å²) in [5, 5.41) is 14.7. The molecule has 1 fully saturated rings. The molecule has 2 aliphatic heterocycles. The van der Waals surface area contributed by atoms with E-state index in [1.807, 2.05) is 4.68 Å². The molecule has 0 aliphatic carbocycles. The molecule has 1 aromatic carbocycles. The van der Waals surface area contributed by atoms with Crippen molar-refractivity contribution >= 4 is 5.69 Å². The van der Waals surface area contributed by atoms with Crippen LogP contribution in [0.1, 0.15) is 62.4 Å². The van der Waals surface area contributed by atoms with Gasteiger partial charge in [-0.3, -0.25) is 0 Å². The molecule has 2 N–H and O–H groups in total. The number of nitrogens with two attached hydrogens (primary N) is 1. The summed E-state index contributed by atoms with van der Waals surface area (Å²) in [6, 6.07) is 10.8. The SMILES string of the molecule is CC(C)c1nn(C(C)C)c2c1C(c1ccc(N3CCOCC3)cc1)C(C#N)=C(N)O2. The molecule has 2 aromatic rings. The fourth-order valence-corrected chi connectivity index (χ4v) is 4.20. The van der Waals surface area contributed by atoms with Crippen LogP contribution in [0.2, 0.25) is 0 Å². The minimum atomic E-state index is -0.289. The Bertz CT molecular complexity index is 992. The number of hydrogen-bond acceptors (Lipinski definition) is 6. The first kappa shape index (κ1) is 20.3. The summed E-state index contributed by atoms with van der Waals surface area (Å²) in [7, 11) is 0. The molecule has 0 amide bonds. The van der Waals surface area contributed by atoms with Crippen LogP contribution in [0.4, 0.5) is 5.69 Å². The van der Waals surface area contributed by atoms with Gasteiger partial charge in [0.1, 0.15) is 11.6 Å². The van der Waals surface area contributed by atoms with E-state index in [-0.39, 0.29) is 23.8 Å². The molecule has 0 bridgehead atoms. The normalized spacial score (nSPS) is 19.1. The van der Waals surface area contributed by atoms with E-state index in [2.05, 4.69) is 62.9 Å². The third-order valence-electron chi connectivity index (χ3n) is 5.74. The number of ether oxygens (including phenoxy) is 2. The molecule has 1 saturated heterocycles. The number of nitrogens with zero attached hydrogens (tertiary/aromatic N) is 4. The predicted octanol–water partition coefficient (Wildman–Crippen LogP) is 3.64. The van der Waals surface area contributed by atoms with Crippen molar-refractivity contribution in [1.29, 1.82) is 5.26 Å². The number of aromatic nitrogens is 2. The van der Waals surface area contributed by atoms with Crippen molar-refractivity contribution in [3.63, 3.8) is 0 Å². The van der Waals surface area contributed by atoms with Crippen molar-refractivity contribution in [3.05, 3.63) is 52.5 Å². The smallest absolute Gasteiger partial charge is 0.224 e. The van der Waals surface area contributed by atoms with Gasteiger partial charge in [0, 0.05) is 18.8 Å². The molecule has 1 aromatic heterocycles. The van der Waals surface area contributed by atoms with Crippen molar-refractivity contribution in [2.45, 2.75) is 45.6 Å². The Kier molecular flexibility index (Phi) is 5.44. The first-order chi connectivity index (χ1) is 14.4. The fourth-order valence-electron chi connectivity index (χ4n) is 4.20. The van der Waals surface area contributed by atoms with Gasteiger partial charge in [-0.25, -0.2) is 4.68 Å². The van der Waals surface area contributed by atoms with Crippen molar-refractivity contribution < 1.29 is 9.47 Å². The maximum atomic E-state index is 9.91. The van der Waals surface area contributed by atoms with Gasteiger partial charge in [0.2, 0.25) is 11.8 Å². The van der Waals surface area contributed by atoms with Gasteiger partial charge in [0.15, 0.2) is 0 Å². The predicted molar refractivity (Wildman–Crippen MR) is 115 cm³/mol. The van der Waals surface area contributed by atoms with Gasteiger partial charge in [-0.1, -0.05) is 26.0 Å². The number of fused-ring (bicyclic) bond motifs is 1. The molecule has 3 heterocycles. The van der Waals surface area contributed by atoms with Crippen LogP contribution in [-0.4, -0.2) is 36.1 Å². The first-order valence-electron chi connectivity index (χ1n) is 10.5. The summed E-state index contributed by atoms with van der Waals surface area (Å²) in [6.07, 6.45) is 0. The Morgan fingerprint density at radius 1 is 1.13 bits per heavy atom. The highest BCUT2D eigenvalue weighted by Crippen LogP contribution is 2.46. The summed E-state index contributed by atoms with van der Waals surface area (Å²) < 4.78 is 13.3. The van der Waals surface area contributed by atoms with E-state index in [1.54, 1.807) is 0 Å². The van der Waals surface area contributed by atoms with Gasteiger partial charge in [0.05, 0.1) is 36.4 Å². The van der Waals surface area contributed by atoms with E-state index in [9.17, 15) is 5.26 Å². The highest BCUT2D eigenvalue weighted by atomic mass is 16.5. The third-order valence-corrected chi connectivity index (χ3v) is 5.74. The lowest BCUT2D eigenvalue weighted by atomic mass is 9.82. The molecule has 0 radical (unpaired) electrons. The van der Waals surface area contributed by atoms with Crippen LogP contribution in [0, 0.1) is 11.3 Å². The fraction of sp³-hybridized carbons (Fsp3) is 0.478. The largest absolute Gasteiger partial charge is 0.422 e. The lowest BCUT2D eigenvalue weighted by Crippen LogP contribution is -2.36. The van der Waals surface area contributed by atoms with Crippen LogP contribution in [-0.2, 0) is 4.74 Å². The molecule has 0 saturated carbocycles. The van der Waals surface area contributed by atoms with Crippen LogP contribution in [0.5, 0.6) is 5.88 Å². The molecule has 2 aliphatic rings. The summed E-state index contributed by atoms with van der Waals surface area (Å²) >= 11 is 0. The third kappa shape index (κ3) is 3.41. The van der Waals surface area contributed by atoms with Crippen molar-refractivity contribution in [2.24, 2.45) is 5.73 Å². The molecule has 158 valence electrons. The second-order valence-corrected chi connectivity index (χ2v) is 8.41. The highest BCUT2D eigenvalue weighted by molar-refractivity contribution is 5.58. The van der Waals surface area contributed by atoms with Gasteiger partial charge < -0.3 is 20.1 Å². The van der Waals surface area contributed by atoms with Gasteiger partial charge >= 0.3 is 0 Å². The van der Waals surface area contributed by atoms with E-state index in [4.69, 9.17) is 20.3 Å². The number of nitriles is 1. The quantitative estimate of drug-likeness (QED) is 0.832. The van der Waals surface area contributed by atoms with Crippen molar-refractivity contribution in [2.75, 3.05) is 31.2 Å². The van der Waals surface area contributed by atoms with Gasteiger partial charge in [-0.2, -0.15) is 10.4 Å². The topological polar surface area (TPSA) is 89.3 Å². The molecule has 7 heteroatoms. The monoisotopic (exact) mass is 407 g/mol. The standard InChI is InChI=1S/C23H29N5O2/c1-14(2)21-20-19(16-5-7-17(8-6-16)27-9-11-29-12-10-27)18(13-24)22(25)30-23(20)28(26-21)15(3)4/h5-8,14-15,19H,9-12,25H2,1-4H3. The Balaban J connectivity index is 1.82. The van der Waals surface area contributed by atoms with Gasteiger partial charge in [0.25, 0.3) is 0 Å². The summed E-state index contributed by atoms with van der Waals surface area (Å²) in [5.41, 5.74) is 10.7. The number of benzene rings is 1. The molecular weight excluding hydrogens is 378 g/mol. The van der Waals surface area contributed by atoms with Crippen LogP contribution in [0.3, 0.4) is 0 Å². The number of morpholine rings is 1. The Morgan fingerprint density at radius 2 is 1.80 bits per heavy atom. The van der Waals surface area contributed by atoms with Gasteiger partial charge in [-0.15, -0.1) is 0 Å². The second kappa shape index (κ2) is 8.04. The minimum absolute atomic E-state index is 0.118. The number of allylic oxidation sites excluding steroid dienone is 1. The van der Waals surface area contributed by atoms with Crippen molar-refractivity contribution in [1.82, 2.24) is 9.78 Å². The van der Waals surface area contributed by atoms with E-state index in [1.165, 1.54) is 0 Å².